The lowest BCUT2D eigenvalue weighted by molar-refractivity contribution is -0.123. The van der Waals surface area contributed by atoms with Gasteiger partial charge in [-0.1, -0.05) is 26.2 Å². The quantitative estimate of drug-likeness (QED) is 0.548. The summed E-state index contributed by atoms with van der Waals surface area (Å²) in [5.41, 5.74) is 2.17. The van der Waals surface area contributed by atoms with Gasteiger partial charge in [-0.3, -0.25) is 18.9 Å². The molecule has 1 N–H and O–H groups in total. The molecule has 0 bridgehead atoms. The van der Waals surface area contributed by atoms with Crippen LogP contribution in [0.15, 0.2) is 37.1 Å². The number of hydrogen-bond acceptors (Lipinski definition) is 4. The molecule has 0 radical (unpaired) electrons. The van der Waals surface area contributed by atoms with Crippen LogP contribution in [0.4, 0.5) is 5.82 Å². The number of nitrogens with zero attached hydrogens (tertiary/aromatic N) is 5. The molecule has 32 heavy (non-hydrogen) atoms. The van der Waals surface area contributed by atoms with Crippen molar-refractivity contribution in [1.29, 1.82) is 0 Å². The van der Waals surface area contributed by atoms with Crippen molar-refractivity contribution in [3.63, 3.8) is 0 Å². The van der Waals surface area contributed by atoms with Crippen molar-refractivity contribution in [2.75, 3.05) is 18.5 Å². The molecule has 0 aromatic carbocycles. The third-order valence-corrected chi connectivity index (χ3v) is 6.30. The first-order valence-corrected chi connectivity index (χ1v) is 11.6. The fraction of sp³-hybridized carbons (Fsp3) is 0.500. The number of imidazole rings is 2. The van der Waals surface area contributed by atoms with E-state index in [0.717, 1.165) is 62.2 Å². The van der Waals surface area contributed by atoms with E-state index in [-0.39, 0.29) is 17.7 Å². The molecule has 1 fully saturated rings. The molecule has 0 atom stereocenters. The molecular formula is C24H32N6O2. The number of aryl methyl sites for hydroxylation is 2. The van der Waals surface area contributed by atoms with Crippen molar-refractivity contribution in [3.05, 3.63) is 48.3 Å². The number of fused-ring (bicyclic) bond motifs is 1. The Balaban J connectivity index is 1.50. The Morgan fingerprint density at radius 1 is 1.22 bits per heavy atom. The van der Waals surface area contributed by atoms with Crippen molar-refractivity contribution in [3.8, 4) is 0 Å². The number of carbonyl (C=O) groups excluding carboxylic acids is 2. The van der Waals surface area contributed by atoms with E-state index in [9.17, 15) is 9.59 Å². The van der Waals surface area contributed by atoms with Crippen LogP contribution in [0, 0.1) is 5.92 Å². The third kappa shape index (κ3) is 4.69. The van der Waals surface area contributed by atoms with Gasteiger partial charge in [0.2, 0.25) is 5.91 Å². The van der Waals surface area contributed by atoms with Gasteiger partial charge >= 0.3 is 0 Å². The molecular weight excluding hydrogens is 404 g/mol. The molecule has 8 heteroatoms. The fourth-order valence-electron chi connectivity index (χ4n) is 4.52. The van der Waals surface area contributed by atoms with Gasteiger partial charge in [0.15, 0.2) is 0 Å². The molecule has 8 nitrogen and oxygen atoms in total. The summed E-state index contributed by atoms with van der Waals surface area (Å²) >= 11 is 0. The number of aromatic nitrogens is 4. The lowest BCUT2D eigenvalue weighted by atomic mass is 9.88. The molecule has 1 aliphatic carbocycles. The summed E-state index contributed by atoms with van der Waals surface area (Å²) in [4.78, 5) is 36.4. The lowest BCUT2D eigenvalue weighted by Gasteiger charge is -2.26. The van der Waals surface area contributed by atoms with E-state index in [1.807, 2.05) is 35.2 Å². The summed E-state index contributed by atoms with van der Waals surface area (Å²) in [5.74, 6) is 0.867. The van der Waals surface area contributed by atoms with Crippen molar-refractivity contribution >= 4 is 23.3 Å². The smallest absolute Gasteiger partial charge is 0.252 e. The molecule has 2 amide bonds. The molecule has 1 saturated carbocycles. The van der Waals surface area contributed by atoms with Crippen molar-refractivity contribution in [1.82, 2.24) is 24.3 Å². The Labute approximate surface area is 188 Å². The normalized spacial score (nSPS) is 14.6. The Morgan fingerprint density at radius 2 is 2.03 bits per heavy atom. The highest BCUT2D eigenvalue weighted by Gasteiger charge is 2.28. The minimum atomic E-state index is -0.128. The van der Waals surface area contributed by atoms with Gasteiger partial charge in [-0.15, -0.1) is 0 Å². The van der Waals surface area contributed by atoms with Crippen LogP contribution in [0.25, 0.3) is 5.65 Å². The number of carbonyl (C=O) groups is 2. The van der Waals surface area contributed by atoms with Crippen LogP contribution in [0.2, 0.25) is 0 Å². The van der Waals surface area contributed by atoms with Gasteiger partial charge < -0.3 is 9.88 Å². The third-order valence-electron chi connectivity index (χ3n) is 6.30. The van der Waals surface area contributed by atoms with Gasteiger partial charge in [0, 0.05) is 44.6 Å². The summed E-state index contributed by atoms with van der Waals surface area (Å²) in [6.07, 6.45) is 14.1. The van der Waals surface area contributed by atoms with Crippen molar-refractivity contribution in [2.24, 2.45) is 5.92 Å². The number of hydrogen-bond donors (Lipinski definition) is 1. The molecule has 170 valence electrons. The molecule has 0 aliphatic heterocycles. The fourth-order valence-corrected chi connectivity index (χ4v) is 4.52. The summed E-state index contributed by atoms with van der Waals surface area (Å²) in [6, 6.07) is 3.64. The Kier molecular flexibility index (Phi) is 6.87. The molecule has 4 rings (SSSR count). The van der Waals surface area contributed by atoms with Crippen LogP contribution in [-0.2, 0) is 17.8 Å². The maximum absolute atomic E-state index is 13.2. The first kappa shape index (κ1) is 22.0. The highest BCUT2D eigenvalue weighted by molar-refractivity contribution is 5.96. The summed E-state index contributed by atoms with van der Waals surface area (Å²) in [5, 5.41) is 2.98. The van der Waals surface area contributed by atoms with E-state index >= 15 is 0 Å². The largest absolute Gasteiger partial charge is 0.352 e. The summed E-state index contributed by atoms with van der Waals surface area (Å²) in [7, 11) is 1.84. The van der Waals surface area contributed by atoms with E-state index in [2.05, 4.69) is 10.3 Å². The van der Waals surface area contributed by atoms with Gasteiger partial charge in [-0.05, 0) is 37.8 Å². The predicted octanol–water partition coefficient (Wildman–Crippen LogP) is 3.46. The first-order chi connectivity index (χ1) is 15.6. The summed E-state index contributed by atoms with van der Waals surface area (Å²) < 4.78 is 3.88. The van der Waals surface area contributed by atoms with Gasteiger partial charge in [-0.25, -0.2) is 9.97 Å². The lowest BCUT2D eigenvalue weighted by Crippen LogP contribution is -2.35. The zero-order chi connectivity index (χ0) is 22.5. The molecule has 3 heterocycles. The van der Waals surface area contributed by atoms with Gasteiger partial charge in [0.05, 0.1) is 17.6 Å². The monoisotopic (exact) mass is 436 g/mol. The Hall–Kier alpha value is -3.16. The zero-order valence-corrected chi connectivity index (χ0v) is 19.0. The molecule has 1 aliphatic rings. The van der Waals surface area contributed by atoms with Crippen LogP contribution in [0.1, 0.15) is 61.5 Å². The van der Waals surface area contributed by atoms with Gasteiger partial charge in [0.1, 0.15) is 11.5 Å². The molecule has 3 aromatic rings. The van der Waals surface area contributed by atoms with E-state index in [1.165, 1.54) is 6.42 Å². The molecule has 0 unspecified atom stereocenters. The maximum Gasteiger partial charge on any atom is 0.252 e. The number of rotatable bonds is 8. The summed E-state index contributed by atoms with van der Waals surface area (Å²) in [6.45, 7) is 3.42. The molecule has 3 aromatic heterocycles. The van der Waals surface area contributed by atoms with E-state index < -0.39 is 0 Å². The molecule has 0 spiro atoms. The minimum Gasteiger partial charge on any atom is -0.352 e. The highest BCUT2D eigenvalue weighted by atomic mass is 16.2. The van der Waals surface area contributed by atoms with Gasteiger partial charge in [-0.2, -0.15) is 0 Å². The predicted molar refractivity (Wildman–Crippen MR) is 124 cm³/mol. The maximum atomic E-state index is 13.2. The number of amides is 2. The standard InChI is InChI=1S/C24H32N6O2/c1-3-20-23(28(2)24(32)18-8-5-4-6-9-18)30-16-19(10-11-21(30)27-20)22(31)26-12-7-14-29-15-13-25-17-29/h10-11,13,15-18H,3-9,12,14H2,1-2H3,(H,26,31). The van der Waals surface area contributed by atoms with E-state index in [0.29, 0.717) is 12.1 Å². The Morgan fingerprint density at radius 3 is 2.75 bits per heavy atom. The highest BCUT2D eigenvalue weighted by Crippen LogP contribution is 2.29. The second-order valence-corrected chi connectivity index (χ2v) is 8.52. The van der Waals surface area contributed by atoms with Crippen LogP contribution in [0.5, 0.6) is 0 Å². The number of nitrogens with one attached hydrogen (secondary N) is 1. The van der Waals surface area contributed by atoms with Crippen LogP contribution in [-0.4, -0.2) is 44.3 Å². The second kappa shape index (κ2) is 9.97. The number of anilines is 1. The average molecular weight is 437 g/mol. The van der Waals surface area contributed by atoms with Crippen LogP contribution < -0.4 is 10.2 Å². The topological polar surface area (TPSA) is 84.5 Å². The van der Waals surface area contributed by atoms with Gasteiger partial charge in [0.25, 0.3) is 5.91 Å². The minimum absolute atomic E-state index is 0.0750. The average Bonchev–Trinajstić information content (AvgIpc) is 3.48. The van der Waals surface area contributed by atoms with E-state index in [4.69, 9.17) is 4.98 Å². The van der Waals surface area contributed by atoms with Crippen LogP contribution in [0.3, 0.4) is 0 Å². The Bertz CT molecular complexity index is 1070. The van der Waals surface area contributed by atoms with Crippen LogP contribution >= 0.6 is 0 Å². The van der Waals surface area contributed by atoms with Crippen molar-refractivity contribution in [2.45, 2.75) is 58.4 Å². The second-order valence-electron chi connectivity index (χ2n) is 8.52. The van der Waals surface area contributed by atoms with E-state index in [1.54, 1.807) is 29.7 Å². The van der Waals surface area contributed by atoms with Crippen molar-refractivity contribution < 1.29 is 9.59 Å². The molecule has 0 saturated heterocycles. The number of pyridine rings is 1. The SMILES string of the molecule is CCc1nc2ccc(C(=O)NCCCn3ccnc3)cn2c1N(C)C(=O)C1CCCCC1. The first-order valence-electron chi connectivity index (χ1n) is 11.6. The zero-order valence-electron chi connectivity index (χ0n) is 19.0.